The predicted octanol–water partition coefficient (Wildman–Crippen LogP) is 3.36. The third-order valence-electron chi connectivity index (χ3n) is 4.34. The maximum atomic E-state index is 12.7. The van der Waals surface area contributed by atoms with Gasteiger partial charge in [0.05, 0.1) is 11.4 Å². The number of carbonyl (C=O) groups is 2. The van der Waals surface area contributed by atoms with E-state index in [4.69, 9.17) is 4.74 Å². The molecule has 9 heteroatoms. The van der Waals surface area contributed by atoms with E-state index in [1.807, 2.05) is 65.2 Å². The second-order valence-corrected chi connectivity index (χ2v) is 8.01. The zero-order valence-electron chi connectivity index (χ0n) is 18.9. The Morgan fingerprint density at radius 3 is 2.53 bits per heavy atom. The van der Waals surface area contributed by atoms with E-state index in [2.05, 4.69) is 20.7 Å². The fourth-order valence-electron chi connectivity index (χ4n) is 2.83. The van der Waals surface area contributed by atoms with E-state index in [0.29, 0.717) is 31.3 Å². The van der Waals surface area contributed by atoms with Gasteiger partial charge in [0.2, 0.25) is 5.95 Å². The largest absolute Gasteiger partial charge is 0.444 e. The molecule has 0 aliphatic carbocycles. The third kappa shape index (κ3) is 6.20. The lowest BCUT2D eigenvalue weighted by Crippen LogP contribution is -2.32. The molecule has 30 heavy (non-hydrogen) atoms. The molecular formula is C21H32N6O3. The summed E-state index contributed by atoms with van der Waals surface area (Å²) in [5.41, 5.74) is 2.55. The average molecular weight is 417 g/mol. The molecule has 0 atom stereocenters. The van der Waals surface area contributed by atoms with Crippen molar-refractivity contribution in [2.45, 2.75) is 67.2 Å². The van der Waals surface area contributed by atoms with Gasteiger partial charge in [-0.25, -0.2) is 9.78 Å². The summed E-state index contributed by atoms with van der Waals surface area (Å²) in [6, 6.07) is 1.76. The van der Waals surface area contributed by atoms with Gasteiger partial charge in [0.1, 0.15) is 11.3 Å². The third-order valence-corrected chi connectivity index (χ3v) is 4.34. The number of alkyl carbamates (subject to hydrolysis) is 1. The van der Waals surface area contributed by atoms with Crippen molar-refractivity contribution in [3.63, 3.8) is 0 Å². The number of aryl methyl sites for hydroxylation is 3. The SMILES string of the molecule is CCn1nc(C)cc1C(=O)Nc1nc(C)c(C)n1C/C=C/CNC(=O)OC(C)(C)C. The first kappa shape index (κ1) is 23.2. The lowest BCUT2D eigenvalue weighted by atomic mass is 10.2. The molecule has 0 aliphatic rings. The summed E-state index contributed by atoms with van der Waals surface area (Å²) in [5, 5.41) is 9.88. The van der Waals surface area contributed by atoms with Crippen molar-refractivity contribution in [1.29, 1.82) is 0 Å². The Morgan fingerprint density at radius 2 is 1.90 bits per heavy atom. The van der Waals surface area contributed by atoms with E-state index < -0.39 is 11.7 Å². The summed E-state index contributed by atoms with van der Waals surface area (Å²) in [6.07, 6.45) is 3.28. The molecule has 164 valence electrons. The van der Waals surface area contributed by atoms with Gasteiger partial charge in [0.15, 0.2) is 0 Å². The first-order valence-electron chi connectivity index (χ1n) is 10.0. The maximum Gasteiger partial charge on any atom is 0.407 e. The summed E-state index contributed by atoms with van der Waals surface area (Å²) >= 11 is 0. The molecule has 0 saturated carbocycles. The first-order valence-corrected chi connectivity index (χ1v) is 10.0. The van der Waals surface area contributed by atoms with E-state index in [1.165, 1.54) is 0 Å². The number of hydrogen-bond acceptors (Lipinski definition) is 5. The normalized spacial score (nSPS) is 11.7. The van der Waals surface area contributed by atoms with Crippen molar-refractivity contribution >= 4 is 17.9 Å². The van der Waals surface area contributed by atoms with E-state index in [0.717, 1.165) is 17.1 Å². The van der Waals surface area contributed by atoms with Crippen LogP contribution in [0.25, 0.3) is 0 Å². The second-order valence-electron chi connectivity index (χ2n) is 8.01. The van der Waals surface area contributed by atoms with Crippen LogP contribution < -0.4 is 10.6 Å². The summed E-state index contributed by atoms with van der Waals surface area (Å²) in [7, 11) is 0. The van der Waals surface area contributed by atoms with Crippen LogP contribution in [0.5, 0.6) is 0 Å². The second kappa shape index (κ2) is 9.60. The van der Waals surface area contributed by atoms with Crippen molar-refractivity contribution in [3.05, 3.63) is 41.0 Å². The van der Waals surface area contributed by atoms with Gasteiger partial charge in [-0.15, -0.1) is 0 Å². The monoisotopic (exact) mass is 416 g/mol. The van der Waals surface area contributed by atoms with Gasteiger partial charge < -0.3 is 14.6 Å². The fourth-order valence-corrected chi connectivity index (χ4v) is 2.83. The Labute approximate surface area is 177 Å². The van der Waals surface area contributed by atoms with Crippen LogP contribution in [-0.4, -0.2) is 43.5 Å². The minimum Gasteiger partial charge on any atom is -0.444 e. The Bertz CT molecular complexity index is 933. The standard InChI is InChI=1S/C21H32N6O3/c1-8-27-17(13-14(2)25-27)18(28)24-19-23-15(3)16(4)26(19)12-10-9-11-22-20(29)30-21(5,6)7/h9-10,13H,8,11-12H2,1-7H3,(H,22,29)(H,23,24,28)/b10-9+. The van der Waals surface area contributed by atoms with Crippen LogP contribution in [0.3, 0.4) is 0 Å². The van der Waals surface area contributed by atoms with Gasteiger partial charge in [-0.05, 0) is 54.5 Å². The van der Waals surface area contributed by atoms with Crippen LogP contribution >= 0.6 is 0 Å². The molecule has 2 N–H and O–H groups in total. The topological polar surface area (TPSA) is 103 Å². The molecule has 9 nitrogen and oxygen atoms in total. The highest BCUT2D eigenvalue weighted by atomic mass is 16.6. The van der Waals surface area contributed by atoms with Crippen LogP contribution in [0.15, 0.2) is 18.2 Å². The molecule has 0 radical (unpaired) electrons. The van der Waals surface area contributed by atoms with Gasteiger partial charge >= 0.3 is 6.09 Å². The van der Waals surface area contributed by atoms with Crippen LogP contribution in [-0.2, 0) is 17.8 Å². The Morgan fingerprint density at radius 1 is 1.20 bits per heavy atom. The number of anilines is 1. The van der Waals surface area contributed by atoms with Crippen molar-refractivity contribution < 1.29 is 14.3 Å². The number of rotatable bonds is 7. The van der Waals surface area contributed by atoms with Crippen molar-refractivity contribution in [2.24, 2.45) is 0 Å². The zero-order chi connectivity index (χ0) is 22.5. The molecule has 0 spiro atoms. The van der Waals surface area contributed by atoms with Gasteiger partial charge in [-0.2, -0.15) is 5.10 Å². The van der Waals surface area contributed by atoms with E-state index in [9.17, 15) is 9.59 Å². The number of aromatic nitrogens is 4. The number of imidazole rings is 1. The summed E-state index contributed by atoms with van der Waals surface area (Å²) < 4.78 is 8.78. The molecule has 0 unspecified atom stereocenters. The van der Waals surface area contributed by atoms with Gasteiger partial charge in [0, 0.05) is 25.3 Å². The molecule has 0 aromatic carbocycles. The lowest BCUT2D eigenvalue weighted by Gasteiger charge is -2.19. The smallest absolute Gasteiger partial charge is 0.407 e. The fraction of sp³-hybridized carbons (Fsp3) is 0.524. The quantitative estimate of drug-likeness (QED) is 0.674. The van der Waals surface area contributed by atoms with Gasteiger partial charge in [0.25, 0.3) is 5.91 Å². The number of amides is 2. The van der Waals surface area contributed by atoms with Crippen LogP contribution in [0, 0.1) is 20.8 Å². The summed E-state index contributed by atoms with van der Waals surface area (Å²) in [5.74, 6) is 0.223. The number of carbonyl (C=O) groups excluding carboxylic acids is 2. The molecule has 0 aliphatic heterocycles. The molecule has 2 rings (SSSR count). The highest BCUT2D eigenvalue weighted by Gasteiger charge is 2.18. The maximum absolute atomic E-state index is 12.7. The lowest BCUT2D eigenvalue weighted by molar-refractivity contribution is 0.0534. The van der Waals surface area contributed by atoms with Gasteiger partial charge in [-0.3, -0.25) is 14.8 Å². The van der Waals surface area contributed by atoms with Crippen molar-refractivity contribution in [1.82, 2.24) is 24.6 Å². The molecule has 0 fully saturated rings. The Balaban J connectivity index is 2.02. The predicted molar refractivity (Wildman–Crippen MR) is 116 cm³/mol. The molecular weight excluding hydrogens is 384 g/mol. The van der Waals surface area contributed by atoms with Crippen molar-refractivity contribution in [2.75, 3.05) is 11.9 Å². The zero-order valence-corrected chi connectivity index (χ0v) is 18.9. The number of allylic oxidation sites excluding steroid dienone is 1. The summed E-state index contributed by atoms with van der Waals surface area (Å²) in [6.45, 7) is 14.6. The first-order chi connectivity index (χ1) is 14.0. The number of nitrogens with one attached hydrogen (secondary N) is 2. The molecule has 2 amide bonds. The minimum absolute atomic E-state index is 0.251. The molecule has 2 aromatic heterocycles. The highest BCUT2D eigenvalue weighted by molar-refractivity contribution is 6.02. The van der Waals surface area contributed by atoms with Crippen LogP contribution in [0.2, 0.25) is 0 Å². The van der Waals surface area contributed by atoms with E-state index in [1.54, 1.807) is 10.7 Å². The Hall–Kier alpha value is -3.10. The Kier molecular flexibility index (Phi) is 7.42. The van der Waals surface area contributed by atoms with Crippen LogP contribution in [0.4, 0.5) is 10.7 Å². The number of hydrogen-bond donors (Lipinski definition) is 2. The summed E-state index contributed by atoms with van der Waals surface area (Å²) in [4.78, 5) is 28.9. The molecule has 2 aromatic rings. The number of ether oxygens (including phenoxy) is 1. The van der Waals surface area contributed by atoms with E-state index >= 15 is 0 Å². The average Bonchev–Trinajstić information content (AvgIpc) is 3.14. The van der Waals surface area contributed by atoms with Crippen molar-refractivity contribution in [3.8, 4) is 0 Å². The molecule has 0 saturated heterocycles. The van der Waals surface area contributed by atoms with Gasteiger partial charge in [-0.1, -0.05) is 12.2 Å². The van der Waals surface area contributed by atoms with E-state index in [-0.39, 0.29) is 5.91 Å². The number of nitrogens with zero attached hydrogens (tertiary/aromatic N) is 4. The minimum atomic E-state index is -0.530. The molecule has 2 heterocycles. The van der Waals surface area contributed by atoms with Crippen LogP contribution in [0.1, 0.15) is 55.3 Å². The molecule has 0 bridgehead atoms. The highest BCUT2D eigenvalue weighted by Crippen LogP contribution is 2.16.